The fourth-order valence-corrected chi connectivity index (χ4v) is 0.197. The standard InChI is InChI=1S/C5H11NO2/c1-2-3-4(6)5(7)8/h4H,2-3,6H2,1H3,(H,7,8)/t4-/m0/s1/i1D3,2D2. The molecular formula is C5H11NO2. The van der Waals surface area contributed by atoms with Gasteiger partial charge in [0.05, 0.1) is 0 Å². The van der Waals surface area contributed by atoms with E-state index in [1.807, 2.05) is 0 Å². The number of hydrogen-bond acceptors (Lipinski definition) is 2. The van der Waals surface area contributed by atoms with Crippen molar-refractivity contribution >= 4 is 5.97 Å². The average Bonchev–Trinajstić information content (AvgIpc) is 1.83. The molecule has 0 spiro atoms. The molecule has 1 atom stereocenters. The van der Waals surface area contributed by atoms with Gasteiger partial charge < -0.3 is 10.8 Å². The molecule has 0 aromatic heterocycles. The first kappa shape index (κ1) is 2.35. The molecule has 0 saturated heterocycles. The molecule has 0 amide bonds. The Labute approximate surface area is 55.5 Å². The molecule has 0 radical (unpaired) electrons. The minimum atomic E-state index is -2.85. The number of rotatable bonds is 3. The summed E-state index contributed by atoms with van der Waals surface area (Å²) in [6.07, 6.45) is -3.29. The summed E-state index contributed by atoms with van der Waals surface area (Å²) < 4.78 is 34.5. The van der Waals surface area contributed by atoms with Crippen LogP contribution in [-0.4, -0.2) is 17.1 Å². The molecular weight excluding hydrogens is 106 g/mol. The Morgan fingerprint density at radius 1 is 2.25 bits per heavy atom. The molecule has 0 heterocycles. The lowest BCUT2D eigenvalue weighted by molar-refractivity contribution is -0.138. The van der Waals surface area contributed by atoms with Crippen molar-refractivity contribution in [1.29, 1.82) is 0 Å². The van der Waals surface area contributed by atoms with Crippen LogP contribution in [0.5, 0.6) is 0 Å². The molecule has 0 aliphatic carbocycles. The molecule has 3 nitrogen and oxygen atoms in total. The minimum Gasteiger partial charge on any atom is -0.480 e. The van der Waals surface area contributed by atoms with Crippen LogP contribution in [0.2, 0.25) is 0 Å². The largest absolute Gasteiger partial charge is 0.480 e. The summed E-state index contributed by atoms with van der Waals surface area (Å²) in [5.41, 5.74) is 5.01. The fraction of sp³-hybridized carbons (Fsp3) is 0.800. The SMILES string of the molecule is [2H]C([2H])([2H])C([2H])([2H])C[C@H](N)C(=O)O. The van der Waals surface area contributed by atoms with Crippen molar-refractivity contribution in [2.24, 2.45) is 5.73 Å². The zero-order valence-corrected chi connectivity index (χ0v) is 4.22. The van der Waals surface area contributed by atoms with Gasteiger partial charge in [-0.25, -0.2) is 0 Å². The summed E-state index contributed by atoms with van der Waals surface area (Å²) in [4.78, 5) is 10.2. The maximum atomic E-state index is 10.2. The monoisotopic (exact) mass is 122 g/mol. The second kappa shape index (κ2) is 3.43. The molecule has 3 N–H and O–H groups in total. The maximum Gasteiger partial charge on any atom is 0.320 e. The van der Waals surface area contributed by atoms with Gasteiger partial charge in [0.2, 0.25) is 0 Å². The summed E-state index contributed by atoms with van der Waals surface area (Å²) in [6, 6.07) is -1.49. The summed E-state index contributed by atoms with van der Waals surface area (Å²) in [5, 5.41) is 8.34. The van der Waals surface area contributed by atoms with Gasteiger partial charge in [0.1, 0.15) is 6.04 Å². The molecule has 0 bridgehead atoms. The highest BCUT2D eigenvalue weighted by molar-refractivity contribution is 5.72. The van der Waals surface area contributed by atoms with E-state index in [1.165, 1.54) is 0 Å². The number of nitrogens with two attached hydrogens (primary N) is 1. The van der Waals surface area contributed by atoms with Gasteiger partial charge in [-0.15, -0.1) is 0 Å². The lowest BCUT2D eigenvalue weighted by atomic mass is 10.2. The van der Waals surface area contributed by atoms with Crippen molar-refractivity contribution in [3.05, 3.63) is 0 Å². The highest BCUT2D eigenvalue weighted by atomic mass is 16.4. The molecule has 0 aliphatic rings. The third kappa shape index (κ3) is 2.58. The van der Waals surface area contributed by atoms with Crippen LogP contribution in [0.15, 0.2) is 0 Å². The summed E-state index contributed by atoms with van der Waals surface area (Å²) in [7, 11) is 0. The number of hydrogen-bond donors (Lipinski definition) is 2. The molecule has 8 heavy (non-hydrogen) atoms. The van der Waals surface area contributed by atoms with Crippen molar-refractivity contribution in [2.75, 3.05) is 0 Å². The summed E-state index contributed by atoms with van der Waals surface area (Å²) >= 11 is 0. The first-order chi connectivity index (χ1) is 5.58. The molecule has 48 valence electrons. The lowest BCUT2D eigenvalue weighted by Gasteiger charge is -2.00. The predicted octanol–water partition coefficient (Wildman–Crippen LogP) is 0.198. The van der Waals surface area contributed by atoms with Gasteiger partial charge in [-0.05, 0) is 6.42 Å². The Morgan fingerprint density at radius 3 is 3.25 bits per heavy atom. The summed E-state index contributed by atoms with van der Waals surface area (Å²) in [6.45, 7) is -2.85. The van der Waals surface area contributed by atoms with Gasteiger partial charge in [-0.2, -0.15) is 0 Å². The average molecular weight is 122 g/mol. The highest BCUT2D eigenvalue weighted by Gasteiger charge is 2.07. The van der Waals surface area contributed by atoms with Gasteiger partial charge in [0, 0.05) is 6.85 Å². The van der Waals surface area contributed by atoms with Crippen LogP contribution in [0.25, 0.3) is 0 Å². The first-order valence-corrected chi connectivity index (χ1v) is 2.06. The predicted molar refractivity (Wildman–Crippen MR) is 30.5 cm³/mol. The number of aliphatic carboxylic acids is 1. The second-order valence-corrected chi connectivity index (χ2v) is 1.33. The quantitative estimate of drug-likeness (QED) is 0.562. The Kier molecular flexibility index (Phi) is 1.01. The van der Waals surface area contributed by atoms with E-state index < -0.39 is 31.7 Å². The van der Waals surface area contributed by atoms with Crippen LogP contribution in [0, 0.1) is 0 Å². The third-order valence-corrected chi connectivity index (χ3v) is 0.639. The van der Waals surface area contributed by atoms with E-state index in [0.717, 1.165) is 0 Å². The van der Waals surface area contributed by atoms with Crippen molar-refractivity contribution < 1.29 is 16.8 Å². The molecule has 0 aromatic rings. The zero-order valence-electron chi connectivity index (χ0n) is 9.22. The Balaban J connectivity index is 4.43. The van der Waals surface area contributed by atoms with E-state index in [0.29, 0.717) is 0 Å². The van der Waals surface area contributed by atoms with Gasteiger partial charge in [-0.1, -0.05) is 13.2 Å². The minimum absolute atomic E-state index is 0.723. The smallest absolute Gasteiger partial charge is 0.320 e. The molecule has 3 heteroatoms. The van der Waals surface area contributed by atoms with Crippen molar-refractivity contribution in [1.82, 2.24) is 0 Å². The molecule has 0 unspecified atom stereocenters. The molecule has 0 rings (SSSR count). The van der Waals surface area contributed by atoms with Crippen LogP contribution in [0.3, 0.4) is 0 Å². The summed E-state index contributed by atoms with van der Waals surface area (Å²) in [5.74, 6) is -1.41. The number of carbonyl (C=O) groups is 1. The van der Waals surface area contributed by atoms with Crippen LogP contribution in [0.1, 0.15) is 26.5 Å². The van der Waals surface area contributed by atoms with E-state index in [-0.39, 0.29) is 0 Å². The maximum absolute atomic E-state index is 10.2. The van der Waals surface area contributed by atoms with Crippen molar-refractivity contribution in [2.45, 2.75) is 25.7 Å². The van der Waals surface area contributed by atoms with Gasteiger partial charge >= 0.3 is 5.97 Å². The van der Waals surface area contributed by atoms with E-state index in [4.69, 9.17) is 17.7 Å². The Bertz CT molecular complexity index is 202. The number of carboxylic acid groups (broad SMARTS) is 1. The zero-order chi connectivity index (χ0) is 10.9. The Hall–Kier alpha value is -0.570. The molecule has 0 aromatic carbocycles. The highest BCUT2D eigenvalue weighted by Crippen LogP contribution is 1.91. The van der Waals surface area contributed by atoms with Gasteiger partial charge in [0.15, 0.2) is 0 Å². The molecule has 0 fully saturated rings. The van der Waals surface area contributed by atoms with Crippen LogP contribution in [-0.2, 0) is 4.79 Å². The van der Waals surface area contributed by atoms with E-state index >= 15 is 0 Å². The van der Waals surface area contributed by atoms with E-state index in [2.05, 4.69) is 0 Å². The fourth-order valence-electron chi connectivity index (χ4n) is 0.197. The topological polar surface area (TPSA) is 63.3 Å². The van der Waals surface area contributed by atoms with Crippen LogP contribution in [0.4, 0.5) is 0 Å². The molecule has 0 saturated carbocycles. The van der Waals surface area contributed by atoms with Crippen LogP contribution >= 0.6 is 0 Å². The number of carboxylic acids is 1. The van der Waals surface area contributed by atoms with Crippen LogP contribution < -0.4 is 5.73 Å². The van der Waals surface area contributed by atoms with E-state index in [1.54, 1.807) is 0 Å². The second-order valence-electron chi connectivity index (χ2n) is 1.33. The van der Waals surface area contributed by atoms with E-state index in [9.17, 15) is 4.79 Å². The van der Waals surface area contributed by atoms with Gasteiger partial charge in [0.25, 0.3) is 0 Å². The third-order valence-electron chi connectivity index (χ3n) is 0.639. The lowest BCUT2D eigenvalue weighted by Crippen LogP contribution is -2.29. The van der Waals surface area contributed by atoms with Crippen molar-refractivity contribution in [3.63, 3.8) is 0 Å². The van der Waals surface area contributed by atoms with Gasteiger partial charge in [-0.3, -0.25) is 4.79 Å². The Morgan fingerprint density at radius 2 is 2.88 bits per heavy atom. The first-order valence-electron chi connectivity index (χ1n) is 4.56. The van der Waals surface area contributed by atoms with Crippen molar-refractivity contribution in [3.8, 4) is 0 Å². The normalized spacial score (nSPS) is 25.9. The molecule has 0 aliphatic heterocycles.